The maximum atomic E-state index is 3.68. The minimum Gasteiger partial charge on any atom is -0.312 e. The van der Waals surface area contributed by atoms with Crippen molar-refractivity contribution < 1.29 is 0 Å². The van der Waals surface area contributed by atoms with Gasteiger partial charge in [-0.3, -0.25) is 0 Å². The maximum absolute atomic E-state index is 3.68. The number of hydrogen-bond acceptors (Lipinski definition) is 1. The Balaban J connectivity index is 1.92. The van der Waals surface area contributed by atoms with E-state index in [1.807, 2.05) is 0 Å². The monoisotopic (exact) mass is 245 g/mol. The second kappa shape index (κ2) is 5.44. The average molecular weight is 245 g/mol. The third-order valence-electron chi connectivity index (χ3n) is 4.93. The first kappa shape index (κ1) is 13.6. The highest BCUT2D eigenvalue weighted by Crippen LogP contribution is 2.43. The van der Waals surface area contributed by atoms with E-state index in [9.17, 15) is 0 Å². The van der Waals surface area contributed by atoms with Gasteiger partial charge in [0.25, 0.3) is 0 Å². The summed E-state index contributed by atoms with van der Waals surface area (Å²) in [7, 11) is 0. The molecule has 2 rings (SSSR count). The molecule has 0 bridgehead atoms. The first-order valence-electron chi connectivity index (χ1n) is 7.34. The van der Waals surface area contributed by atoms with Gasteiger partial charge in [0, 0.05) is 13.1 Å². The maximum Gasteiger partial charge on any atom is 0.0208 e. The van der Waals surface area contributed by atoms with E-state index in [0.717, 1.165) is 6.54 Å². The van der Waals surface area contributed by atoms with Gasteiger partial charge in [0.1, 0.15) is 0 Å². The van der Waals surface area contributed by atoms with Crippen molar-refractivity contribution in [2.24, 2.45) is 5.41 Å². The summed E-state index contributed by atoms with van der Waals surface area (Å²) in [5, 5.41) is 3.68. The SMILES string of the molecule is CCC1(CNCc2cc(C)c(C)cc2C)CCC1. The van der Waals surface area contributed by atoms with Gasteiger partial charge in [-0.15, -0.1) is 0 Å². The lowest BCUT2D eigenvalue weighted by Gasteiger charge is -2.41. The topological polar surface area (TPSA) is 12.0 Å². The highest BCUT2D eigenvalue weighted by molar-refractivity contribution is 5.36. The molecule has 1 fully saturated rings. The van der Waals surface area contributed by atoms with Gasteiger partial charge in [0.15, 0.2) is 0 Å². The third kappa shape index (κ3) is 2.77. The lowest BCUT2D eigenvalue weighted by molar-refractivity contribution is 0.124. The van der Waals surface area contributed by atoms with Crippen LogP contribution in [0.1, 0.15) is 54.9 Å². The summed E-state index contributed by atoms with van der Waals surface area (Å²) in [4.78, 5) is 0. The van der Waals surface area contributed by atoms with E-state index < -0.39 is 0 Å². The molecule has 0 aromatic heterocycles. The Kier molecular flexibility index (Phi) is 4.11. The van der Waals surface area contributed by atoms with Gasteiger partial charge in [0.05, 0.1) is 0 Å². The average Bonchev–Trinajstić information content (AvgIpc) is 2.29. The molecule has 0 saturated heterocycles. The summed E-state index contributed by atoms with van der Waals surface area (Å²) in [6.07, 6.45) is 5.59. The van der Waals surface area contributed by atoms with Gasteiger partial charge in [0.2, 0.25) is 0 Å². The molecule has 1 aliphatic carbocycles. The Bertz CT molecular complexity index is 410. The van der Waals surface area contributed by atoms with E-state index in [2.05, 4.69) is 45.1 Å². The minimum absolute atomic E-state index is 0.619. The molecule has 0 spiro atoms. The number of nitrogens with one attached hydrogen (secondary N) is 1. The van der Waals surface area contributed by atoms with Gasteiger partial charge >= 0.3 is 0 Å². The molecule has 1 N–H and O–H groups in total. The molecule has 1 aromatic carbocycles. The Hall–Kier alpha value is -0.820. The molecule has 1 nitrogen and oxygen atoms in total. The first-order chi connectivity index (χ1) is 8.56. The molecule has 0 amide bonds. The highest BCUT2D eigenvalue weighted by atomic mass is 14.9. The van der Waals surface area contributed by atoms with Crippen LogP contribution in [0.4, 0.5) is 0 Å². The van der Waals surface area contributed by atoms with Crippen LogP contribution in [-0.4, -0.2) is 6.54 Å². The van der Waals surface area contributed by atoms with Crippen molar-refractivity contribution in [3.8, 4) is 0 Å². The minimum atomic E-state index is 0.619. The predicted molar refractivity (Wildman–Crippen MR) is 78.9 cm³/mol. The highest BCUT2D eigenvalue weighted by Gasteiger charge is 2.34. The van der Waals surface area contributed by atoms with Crippen molar-refractivity contribution in [2.45, 2.75) is 59.9 Å². The zero-order valence-corrected chi connectivity index (χ0v) is 12.4. The number of aryl methyl sites for hydroxylation is 3. The summed E-state index contributed by atoms with van der Waals surface area (Å²) in [6, 6.07) is 4.66. The number of hydrogen-bond donors (Lipinski definition) is 1. The Morgan fingerprint density at radius 2 is 1.72 bits per heavy atom. The fourth-order valence-electron chi connectivity index (χ4n) is 3.01. The summed E-state index contributed by atoms with van der Waals surface area (Å²) in [5.74, 6) is 0. The van der Waals surface area contributed by atoms with Gasteiger partial charge in [-0.2, -0.15) is 0 Å². The smallest absolute Gasteiger partial charge is 0.0208 e. The van der Waals surface area contributed by atoms with Crippen LogP contribution in [0.5, 0.6) is 0 Å². The summed E-state index contributed by atoms with van der Waals surface area (Å²) in [5.41, 5.74) is 6.31. The molecule has 0 aliphatic heterocycles. The summed E-state index contributed by atoms with van der Waals surface area (Å²) < 4.78 is 0. The molecule has 0 radical (unpaired) electrons. The molecule has 0 atom stereocenters. The van der Waals surface area contributed by atoms with Crippen molar-refractivity contribution in [2.75, 3.05) is 6.54 Å². The van der Waals surface area contributed by atoms with Crippen LogP contribution < -0.4 is 5.32 Å². The van der Waals surface area contributed by atoms with E-state index in [4.69, 9.17) is 0 Å². The molecule has 100 valence electrons. The first-order valence-corrected chi connectivity index (χ1v) is 7.34. The summed E-state index contributed by atoms with van der Waals surface area (Å²) in [6.45, 7) is 11.2. The van der Waals surface area contributed by atoms with Crippen molar-refractivity contribution in [3.05, 3.63) is 34.4 Å². The van der Waals surface area contributed by atoms with Crippen LogP contribution in [0.2, 0.25) is 0 Å². The zero-order valence-electron chi connectivity index (χ0n) is 12.4. The van der Waals surface area contributed by atoms with E-state index in [-0.39, 0.29) is 0 Å². The molecular formula is C17H27N. The van der Waals surface area contributed by atoms with Crippen LogP contribution >= 0.6 is 0 Å². The summed E-state index contributed by atoms with van der Waals surface area (Å²) >= 11 is 0. The quantitative estimate of drug-likeness (QED) is 0.816. The molecule has 0 unspecified atom stereocenters. The largest absolute Gasteiger partial charge is 0.312 e. The Labute approximate surface area is 112 Å². The number of rotatable bonds is 5. The fraction of sp³-hybridized carbons (Fsp3) is 0.647. The Morgan fingerprint density at radius 1 is 1.06 bits per heavy atom. The van der Waals surface area contributed by atoms with Gasteiger partial charge in [-0.25, -0.2) is 0 Å². The molecule has 1 heteroatoms. The van der Waals surface area contributed by atoms with Crippen molar-refractivity contribution in [1.29, 1.82) is 0 Å². The van der Waals surface area contributed by atoms with E-state index in [0.29, 0.717) is 5.41 Å². The van der Waals surface area contributed by atoms with Gasteiger partial charge < -0.3 is 5.32 Å². The molecule has 1 aromatic rings. The Morgan fingerprint density at radius 3 is 2.28 bits per heavy atom. The van der Waals surface area contributed by atoms with E-state index >= 15 is 0 Å². The lowest BCUT2D eigenvalue weighted by Crippen LogP contribution is -2.39. The van der Waals surface area contributed by atoms with Crippen molar-refractivity contribution in [3.63, 3.8) is 0 Å². The van der Waals surface area contributed by atoms with Gasteiger partial charge in [-0.05, 0) is 67.7 Å². The second-order valence-corrected chi connectivity index (χ2v) is 6.17. The normalized spacial score (nSPS) is 17.6. The van der Waals surface area contributed by atoms with E-state index in [1.165, 1.54) is 54.5 Å². The van der Waals surface area contributed by atoms with E-state index in [1.54, 1.807) is 0 Å². The lowest BCUT2D eigenvalue weighted by atomic mass is 9.67. The second-order valence-electron chi connectivity index (χ2n) is 6.17. The number of benzene rings is 1. The molecule has 0 heterocycles. The zero-order chi connectivity index (χ0) is 13.2. The van der Waals surface area contributed by atoms with Crippen molar-refractivity contribution in [1.82, 2.24) is 5.32 Å². The van der Waals surface area contributed by atoms with Crippen LogP contribution in [0.15, 0.2) is 12.1 Å². The standard InChI is InChI=1S/C17H27N/c1-5-17(7-6-8-17)12-18-11-16-10-14(3)13(2)9-15(16)4/h9-10,18H,5-8,11-12H2,1-4H3. The van der Waals surface area contributed by atoms with Crippen LogP contribution in [0.25, 0.3) is 0 Å². The molecular weight excluding hydrogens is 218 g/mol. The van der Waals surface area contributed by atoms with Crippen LogP contribution in [-0.2, 0) is 6.54 Å². The molecule has 18 heavy (non-hydrogen) atoms. The van der Waals surface area contributed by atoms with Crippen LogP contribution in [0, 0.1) is 26.2 Å². The molecule has 1 saturated carbocycles. The predicted octanol–water partition coefficient (Wildman–Crippen LogP) is 4.28. The van der Waals surface area contributed by atoms with Crippen LogP contribution in [0.3, 0.4) is 0 Å². The third-order valence-corrected chi connectivity index (χ3v) is 4.93. The van der Waals surface area contributed by atoms with Crippen molar-refractivity contribution >= 4 is 0 Å². The molecule has 1 aliphatic rings. The van der Waals surface area contributed by atoms with Gasteiger partial charge in [-0.1, -0.05) is 25.5 Å². The fourth-order valence-corrected chi connectivity index (χ4v) is 3.01.